The van der Waals surface area contributed by atoms with Crippen molar-refractivity contribution >= 4 is 17.5 Å². The monoisotopic (exact) mass is 595 g/mol. The summed E-state index contributed by atoms with van der Waals surface area (Å²) >= 11 is 0. The summed E-state index contributed by atoms with van der Waals surface area (Å²) in [6.45, 7) is -0.0207. The number of benzene rings is 1. The van der Waals surface area contributed by atoms with Crippen LogP contribution >= 0.6 is 0 Å². The molecule has 3 aliphatic carbocycles. The van der Waals surface area contributed by atoms with E-state index in [1.165, 1.54) is 31.0 Å². The molecule has 4 aliphatic rings. The standard InChI is InChI=1S/C28H32F3N3O8/c1-33(2)20-14-8-11-7-13-18(21(36)17(11)24(38)27(14,41)25(39)19(22(20)37)26(32)40)15(35)9-12(23(13)42-3)10-34-6-4-5-16(34)28(29,30)31/h9,11,14,16,20,35,37-38,41H,4-8,10H2,1-3H3,(H2,32,40)/t11-,14-,16-,20-,27-/m0/s1. The molecule has 1 aliphatic heterocycles. The quantitative estimate of drug-likeness (QED) is 0.315. The van der Waals surface area contributed by atoms with Gasteiger partial charge in [0.05, 0.1) is 18.7 Å². The molecular weight excluding hydrogens is 563 g/mol. The van der Waals surface area contributed by atoms with Gasteiger partial charge < -0.3 is 30.9 Å². The van der Waals surface area contributed by atoms with Crippen molar-refractivity contribution in [3.05, 3.63) is 45.4 Å². The summed E-state index contributed by atoms with van der Waals surface area (Å²) in [5.41, 5.74) is 1.50. The van der Waals surface area contributed by atoms with Crippen LogP contribution in [-0.4, -0.2) is 99.3 Å². The summed E-state index contributed by atoms with van der Waals surface area (Å²) < 4.78 is 46.4. The second-order valence-electron chi connectivity index (χ2n) is 11.6. The molecule has 6 N–H and O–H groups in total. The van der Waals surface area contributed by atoms with Gasteiger partial charge in [-0.05, 0) is 58.3 Å². The molecule has 0 bridgehead atoms. The van der Waals surface area contributed by atoms with E-state index < -0.39 is 76.0 Å². The van der Waals surface area contributed by atoms with Gasteiger partial charge in [0, 0.05) is 29.2 Å². The van der Waals surface area contributed by atoms with E-state index in [9.17, 15) is 48.0 Å². The molecule has 1 amide bonds. The first-order chi connectivity index (χ1) is 19.5. The number of aromatic hydroxyl groups is 1. The Morgan fingerprint density at radius 1 is 1.24 bits per heavy atom. The topological polar surface area (TPSA) is 174 Å². The number of ether oxygens (including phenoxy) is 1. The third-order valence-corrected chi connectivity index (χ3v) is 9.07. The van der Waals surface area contributed by atoms with E-state index >= 15 is 0 Å². The lowest BCUT2D eigenvalue weighted by Gasteiger charge is -2.50. The predicted octanol–water partition coefficient (Wildman–Crippen LogP) is 1.66. The molecule has 0 spiro atoms. The second kappa shape index (κ2) is 9.99. The molecule has 42 heavy (non-hydrogen) atoms. The summed E-state index contributed by atoms with van der Waals surface area (Å²) in [4.78, 5) is 42.0. The summed E-state index contributed by atoms with van der Waals surface area (Å²) in [6, 6.07) is -1.66. The molecule has 14 heteroatoms. The number of likely N-dealkylation sites (tertiary alicyclic amines) is 1. The van der Waals surface area contributed by atoms with Gasteiger partial charge in [0.1, 0.15) is 34.6 Å². The molecule has 11 nitrogen and oxygen atoms in total. The van der Waals surface area contributed by atoms with Gasteiger partial charge in [-0.2, -0.15) is 13.2 Å². The van der Waals surface area contributed by atoms with Crippen molar-refractivity contribution in [2.24, 2.45) is 17.6 Å². The molecule has 1 heterocycles. The average Bonchev–Trinajstić information content (AvgIpc) is 3.35. The van der Waals surface area contributed by atoms with Crippen molar-refractivity contribution in [2.45, 2.75) is 56.1 Å². The number of rotatable bonds is 5. The fourth-order valence-corrected chi connectivity index (χ4v) is 7.34. The number of phenolic OH excluding ortho intramolecular Hbond substituents is 1. The predicted molar refractivity (Wildman–Crippen MR) is 140 cm³/mol. The number of amides is 1. The van der Waals surface area contributed by atoms with Crippen LogP contribution in [0, 0.1) is 11.8 Å². The van der Waals surface area contributed by atoms with Crippen LogP contribution in [0.2, 0.25) is 0 Å². The molecule has 0 aromatic heterocycles. The molecule has 1 fully saturated rings. The number of aliphatic hydroxyl groups excluding tert-OH is 2. The van der Waals surface area contributed by atoms with E-state index in [-0.39, 0.29) is 60.4 Å². The van der Waals surface area contributed by atoms with Crippen molar-refractivity contribution in [1.82, 2.24) is 9.80 Å². The Labute approximate surface area is 238 Å². The number of allylic oxidation sites excluding steroid dienone is 1. The highest BCUT2D eigenvalue weighted by atomic mass is 19.4. The van der Waals surface area contributed by atoms with Crippen LogP contribution in [0.5, 0.6) is 11.5 Å². The highest BCUT2D eigenvalue weighted by Crippen LogP contribution is 2.53. The Bertz CT molecular complexity index is 1450. The molecule has 5 rings (SSSR count). The van der Waals surface area contributed by atoms with Crippen LogP contribution in [0.4, 0.5) is 13.2 Å². The SMILES string of the molecule is COc1c(CN2CCC[C@H]2C(F)(F)F)cc(O)c2c1C[C@H]1C[C@H]3[C@H](N(C)C)C(O)=C(C(N)=O)C(=O)[C@@]3(O)C(O)=C1C2=O. The van der Waals surface area contributed by atoms with Gasteiger partial charge in [0.15, 0.2) is 11.4 Å². The molecule has 0 radical (unpaired) electrons. The Morgan fingerprint density at radius 2 is 1.90 bits per heavy atom. The highest BCUT2D eigenvalue weighted by Gasteiger charge is 2.63. The van der Waals surface area contributed by atoms with Crippen LogP contribution in [0.3, 0.4) is 0 Å². The van der Waals surface area contributed by atoms with E-state index in [4.69, 9.17) is 10.5 Å². The van der Waals surface area contributed by atoms with Crippen LogP contribution in [0.15, 0.2) is 28.7 Å². The number of nitrogens with zero attached hydrogens (tertiary/aromatic N) is 2. The van der Waals surface area contributed by atoms with Crippen molar-refractivity contribution in [2.75, 3.05) is 27.7 Å². The summed E-state index contributed by atoms with van der Waals surface area (Å²) in [6.07, 6.45) is -4.33. The molecule has 0 saturated carbocycles. The third-order valence-electron chi connectivity index (χ3n) is 9.07. The number of phenols is 1. The fourth-order valence-electron chi connectivity index (χ4n) is 7.34. The smallest absolute Gasteiger partial charge is 0.404 e. The van der Waals surface area contributed by atoms with Crippen molar-refractivity contribution < 1.29 is 52.7 Å². The van der Waals surface area contributed by atoms with E-state index in [2.05, 4.69) is 0 Å². The molecule has 5 atom stereocenters. The summed E-state index contributed by atoms with van der Waals surface area (Å²) in [5.74, 6) is -7.75. The Hall–Kier alpha value is -3.62. The number of methoxy groups -OCH3 is 1. The number of aliphatic hydroxyl groups is 3. The van der Waals surface area contributed by atoms with Crippen molar-refractivity contribution in [3.63, 3.8) is 0 Å². The van der Waals surface area contributed by atoms with Gasteiger partial charge in [-0.1, -0.05) is 0 Å². The van der Waals surface area contributed by atoms with Gasteiger partial charge in [-0.3, -0.25) is 24.2 Å². The van der Waals surface area contributed by atoms with Gasteiger partial charge in [0.2, 0.25) is 5.78 Å². The Morgan fingerprint density at radius 3 is 2.48 bits per heavy atom. The number of carbonyl (C=O) groups is 3. The zero-order valence-electron chi connectivity index (χ0n) is 23.2. The van der Waals surface area contributed by atoms with Gasteiger partial charge in [-0.25, -0.2) is 0 Å². The van der Waals surface area contributed by atoms with Gasteiger partial charge in [0.25, 0.3) is 5.91 Å². The molecule has 1 aromatic carbocycles. The molecular formula is C28H32F3N3O8. The Balaban J connectivity index is 1.63. The van der Waals surface area contributed by atoms with Crippen LogP contribution in [0.1, 0.15) is 40.7 Å². The second-order valence-corrected chi connectivity index (χ2v) is 11.6. The van der Waals surface area contributed by atoms with Gasteiger partial charge in [-0.15, -0.1) is 0 Å². The number of Topliss-reactive ketones (excluding diaryl/α,β-unsaturated/α-hetero) is 2. The average molecular weight is 596 g/mol. The lowest BCUT2D eigenvalue weighted by molar-refractivity contribution is -0.177. The number of alkyl halides is 3. The summed E-state index contributed by atoms with van der Waals surface area (Å²) in [7, 11) is 4.34. The third kappa shape index (κ3) is 4.18. The number of primary amides is 1. The first-order valence-electron chi connectivity index (χ1n) is 13.4. The van der Waals surface area contributed by atoms with E-state index in [0.29, 0.717) is 6.42 Å². The minimum absolute atomic E-state index is 0.0399. The van der Waals surface area contributed by atoms with Crippen molar-refractivity contribution in [1.29, 1.82) is 0 Å². The first-order valence-corrected chi connectivity index (χ1v) is 13.4. The number of hydrogen-bond acceptors (Lipinski definition) is 10. The largest absolute Gasteiger partial charge is 0.510 e. The van der Waals surface area contributed by atoms with E-state index in [0.717, 1.165) is 6.07 Å². The van der Waals surface area contributed by atoms with Gasteiger partial charge >= 0.3 is 6.18 Å². The maximum atomic E-state index is 13.8. The minimum atomic E-state index is -4.44. The molecule has 1 saturated heterocycles. The number of likely N-dealkylation sites (N-methyl/N-ethyl adjacent to an activating group) is 1. The summed E-state index contributed by atoms with van der Waals surface area (Å²) in [5, 5.41) is 44.9. The number of hydrogen-bond donors (Lipinski definition) is 5. The fraction of sp³-hybridized carbons (Fsp3) is 0.536. The first kappa shape index (κ1) is 29.9. The van der Waals surface area contributed by atoms with Crippen LogP contribution in [-0.2, 0) is 22.6 Å². The number of halogens is 3. The number of ketones is 2. The van der Waals surface area contributed by atoms with E-state index in [1.807, 2.05) is 0 Å². The number of fused-ring (bicyclic) bond motifs is 3. The van der Waals surface area contributed by atoms with Crippen LogP contribution in [0.25, 0.3) is 0 Å². The number of nitrogens with two attached hydrogens (primary N) is 1. The molecule has 1 aromatic rings. The minimum Gasteiger partial charge on any atom is -0.510 e. The number of carbonyl (C=O) groups excluding carboxylic acids is 3. The van der Waals surface area contributed by atoms with Crippen LogP contribution < -0.4 is 10.5 Å². The zero-order chi connectivity index (χ0) is 31.0. The zero-order valence-corrected chi connectivity index (χ0v) is 23.2. The molecule has 0 unspecified atom stereocenters. The Kier molecular flexibility index (Phi) is 7.10. The normalized spacial score (nSPS) is 30.0. The molecule has 228 valence electrons. The maximum Gasteiger partial charge on any atom is 0.404 e. The van der Waals surface area contributed by atoms with Crippen molar-refractivity contribution in [3.8, 4) is 11.5 Å². The lowest BCUT2D eigenvalue weighted by Crippen LogP contribution is -2.63. The highest BCUT2D eigenvalue weighted by molar-refractivity contribution is 6.24. The maximum absolute atomic E-state index is 13.8. The van der Waals surface area contributed by atoms with E-state index in [1.54, 1.807) is 0 Å². The lowest BCUT2D eigenvalue weighted by atomic mass is 9.58.